The van der Waals surface area contributed by atoms with E-state index in [1.165, 1.54) is 19.3 Å². The topological polar surface area (TPSA) is 26.3 Å². The molecular weight excluding hydrogens is 425 g/mol. The van der Waals surface area contributed by atoms with Crippen LogP contribution in [0.15, 0.2) is 30.3 Å². The van der Waals surface area contributed by atoms with Crippen molar-refractivity contribution in [3.05, 3.63) is 35.9 Å². The van der Waals surface area contributed by atoms with Gasteiger partial charge in [0, 0.05) is 6.42 Å². The van der Waals surface area contributed by atoms with Gasteiger partial charge in [-0.15, -0.1) is 0 Å². The number of rotatable bonds is 5. The van der Waals surface area contributed by atoms with Crippen molar-refractivity contribution in [1.29, 1.82) is 0 Å². The number of carbonyl (C=O) groups excluding carboxylic acids is 1. The summed E-state index contributed by atoms with van der Waals surface area (Å²) in [7, 11) is 2.27. The summed E-state index contributed by atoms with van der Waals surface area (Å²) in [6, 6.07) is 10.3. The van der Waals surface area contributed by atoms with Crippen molar-refractivity contribution in [2.75, 3.05) is 26.7 Å². The highest BCUT2D eigenvalue weighted by atomic mass is 127. The summed E-state index contributed by atoms with van der Waals surface area (Å²) in [6.07, 6.45) is 7.21. The van der Waals surface area contributed by atoms with E-state index in [0.717, 1.165) is 48.9 Å². The third kappa shape index (κ3) is 5.19. The van der Waals surface area contributed by atoms with Gasteiger partial charge in [0.25, 0.3) is 0 Å². The van der Waals surface area contributed by atoms with E-state index in [9.17, 15) is 4.79 Å². The molecule has 1 aliphatic heterocycles. The molecule has 0 aromatic heterocycles. The molecule has 4 heteroatoms. The Balaban J connectivity index is 0.00000225. The molecule has 0 N–H and O–H groups in total. The maximum absolute atomic E-state index is 13.1. The van der Waals surface area contributed by atoms with Crippen molar-refractivity contribution in [2.45, 2.75) is 57.5 Å². The van der Waals surface area contributed by atoms with Crippen molar-refractivity contribution in [3.63, 3.8) is 0 Å². The number of halogens is 1. The maximum Gasteiger partial charge on any atom is 0.314 e. The molecule has 2 aliphatic rings. The number of nitrogens with zero attached hydrogens (tertiary/aromatic N) is 1. The molecule has 3 rings (SSSR count). The third-order valence-corrected chi connectivity index (χ3v) is 6.22. The van der Waals surface area contributed by atoms with E-state index in [4.69, 9.17) is 4.74 Å². The lowest BCUT2D eigenvalue weighted by Gasteiger charge is -2.30. The number of ether oxygens (including phenoxy) is 1. The fraction of sp³-hybridized carbons (Fsp3) is 0.667. The van der Waals surface area contributed by atoms with Crippen LogP contribution in [0.5, 0.6) is 0 Å². The number of carbonyl (C=O) groups is 1. The van der Waals surface area contributed by atoms with Crippen LogP contribution in [0.1, 0.15) is 56.9 Å². The molecule has 25 heavy (non-hydrogen) atoms. The molecule has 1 heterocycles. The van der Waals surface area contributed by atoms with Crippen LogP contribution in [-0.2, 0) is 9.53 Å². The molecule has 1 aromatic carbocycles. The largest absolute Gasteiger partial charge is 1.00 e. The van der Waals surface area contributed by atoms with Gasteiger partial charge in [-0.3, -0.25) is 4.79 Å². The Bertz CT molecular complexity index is 544. The second-order valence-electron chi connectivity index (χ2n) is 7.98. The number of esters is 1. The Morgan fingerprint density at radius 1 is 1.16 bits per heavy atom. The highest BCUT2D eigenvalue weighted by Gasteiger charge is 2.38. The summed E-state index contributed by atoms with van der Waals surface area (Å²) in [5.74, 6) is 0.386. The smallest absolute Gasteiger partial charge is 0.314 e. The van der Waals surface area contributed by atoms with Crippen molar-refractivity contribution in [1.82, 2.24) is 0 Å². The van der Waals surface area contributed by atoms with Gasteiger partial charge in [-0.05, 0) is 31.2 Å². The molecule has 140 valence electrons. The Morgan fingerprint density at radius 3 is 2.44 bits per heavy atom. The van der Waals surface area contributed by atoms with E-state index in [-0.39, 0.29) is 42.0 Å². The van der Waals surface area contributed by atoms with Crippen molar-refractivity contribution in [3.8, 4) is 0 Å². The van der Waals surface area contributed by atoms with Gasteiger partial charge < -0.3 is 33.2 Å². The Morgan fingerprint density at radius 2 is 1.84 bits per heavy atom. The number of quaternary nitrogens is 1. The van der Waals surface area contributed by atoms with E-state index in [2.05, 4.69) is 26.1 Å². The lowest BCUT2D eigenvalue weighted by Crippen LogP contribution is -3.00. The Hall–Kier alpha value is -0.620. The molecule has 0 radical (unpaired) electrons. The number of likely N-dealkylation sites (tertiary alicyclic amines) is 1. The zero-order valence-electron chi connectivity index (χ0n) is 15.6. The monoisotopic (exact) mass is 457 g/mol. The van der Waals surface area contributed by atoms with Gasteiger partial charge in [-0.1, -0.05) is 49.6 Å². The minimum atomic E-state index is -0.0764. The number of hydrogen-bond donors (Lipinski definition) is 0. The standard InChI is InChI=1S/C21H32NO2.HI/c1-3-22(2)15-14-19(16-22)24-21(23)20(17-10-6-4-7-11-17)18-12-8-5-9-13-18;/h4,6-7,10-11,18-20H,3,5,8-9,12-16H2,1-2H3;1H/q+1;/p-1. The Labute approximate surface area is 169 Å². The maximum atomic E-state index is 13.1. The molecule has 1 aromatic rings. The number of benzene rings is 1. The second kappa shape index (κ2) is 9.36. The van der Waals surface area contributed by atoms with Gasteiger partial charge >= 0.3 is 5.97 Å². The van der Waals surface area contributed by atoms with Crippen LogP contribution in [0, 0.1) is 5.92 Å². The molecule has 3 atom stereocenters. The molecule has 0 spiro atoms. The van der Waals surface area contributed by atoms with Crippen LogP contribution >= 0.6 is 0 Å². The van der Waals surface area contributed by atoms with Crippen LogP contribution in [0.25, 0.3) is 0 Å². The average molecular weight is 457 g/mol. The molecule has 1 saturated heterocycles. The second-order valence-corrected chi connectivity index (χ2v) is 7.98. The van der Waals surface area contributed by atoms with E-state index in [1.54, 1.807) is 0 Å². The first kappa shape index (κ1) is 20.7. The predicted octanol–water partition coefficient (Wildman–Crippen LogP) is 1.14. The van der Waals surface area contributed by atoms with Crippen molar-refractivity contribution in [2.24, 2.45) is 5.92 Å². The van der Waals surface area contributed by atoms with Crippen molar-refractivity contribution < 1.29 is 38.0 Å². The Kier molecular flexibility index (Phi) is 7.74. The molecule has 1 saturated carbocycles. The van der Waals surface area contributed by atoms with Crippen LogP contribution in [0.2, 0.25) is 0 Å². The average Bonchev–Trinajstić information content (AvgIpc) is 2.98. The summed E-state index contributed by atoms with van der Waals surface area (Å²) in [6.45, 7) is 5.42. The lowest BCUT2D eigenvalue weighted by atomic mass is 9.77. The minimum absolute atomic E-state index is 0. The SMILES string of the molecule is CC[N+]1(C)CCC(OC(=O)C(c2ccccc2)C2CCCCC2)C1.[I-]. The highest BCUT2D eigenvalue weighted by molar-refractivity contribution is 5.78. The van der Waals surface area contributed by atoms with E-state index < -0.39 is 0 Å². The van der Waals surface area contributed by atoms with E-state index in [0.29, 0.717) is 5.92 Å². The van der Waals surface area contributed by atoms with Gasteiger partial charge in [0.1, 0.15) is 6.54 Å². The first-order valence-corrected chi connectivity index (χ1v) is 9.70. The first-order valence-electron chi connectivity index (χ1n) is 9.70. The predicted molar refractivity (Wildman–Crippen MR) is 96.7 cm³/mol. The molecule has 1 aliphatic carbocycles. The summed E-state index contributed by atoms with van der Waals surface area (Å²) >= 11 is 0. The molecular formula is C21H32INO2. The summed E-state index contributed by atoms with van der Waals surface area (Å²) in [5, 5.41) is 0. The van der Waals surface area contributed by atoms with E-state index >= 15 is 0 Å². The zero-order valence-corrected chi connectivity index (χ0v) is 17.8. The van der Waals surface area contributed by atoms with Gasteiger partial charge in [0.15, 0.2) is 6.10 Å². The first-order chi connectivity index (χ1) is 11.6. The van der Waals surface area contributed by atoms with Crippen molar-refractivity contribution >= 4 is 5.97 Å². The molecule has 0 bridgehead atoms. The highest BCUT2D eigenvalue weighted by Crippen LogP contribution is 2.37. The molecule has 3 nitrogen and oxygen atoms in total. The summed E-state index contributed by atoms with van der Waals surface area (Å²) in [5.41, 5.74) is 1.14. The molecule has 0 amide bonds. The lowest BCUT2D eigenvalue weighted by molar-refractivity contribution is -0.897. The van der Waals surface area contributed by atoms with Gasteiger partial charge in [0.2, 0.25) is 0 Å². The fourth-order valence-electron chi connectivity index (χ4n) is 4.48. The van der Waals surface area contributed by atoms with Crippen LogP contribution in [-0.4, -0.2) is 43.2 Å². The zero-order chi connectivity index (χ0) is 17.0. The van der Waals surface area contributed by atoms with E-state index in [1.807, 2.05) is 18.2 Å². The normalized spacial score (nSPS) is 28.2. The molecule has 2 fully saturated rings. The summed E-state index contributed by atoms with van der Waals surface area (Å²) in [4.78, 5) is 13.1. The quantitative estimate of drug-likeness (QED) is 0.377. The minimum Gasteiger partial charge on any atom is -1.00 e. The van der Waals surface area contributed by atoms with Gasteiger partial charge in [-0.2, -0.15) is 0 Å². The van der Waals surface area contributed by atoms with Gasteiger partial charge in [-0.25, -0.2) is 0 Å². The third-order valence-electron chi connectivity index (χ3n) is 6.22. The van der Waals surface area contributed by atoms with Crippen LogP contribution in [0.3, 0.4) is 0 Å². The van der Waals surface area contributed by atoms with Crippen LogP contribution < -0.4 is 24.0 Å². The van der Waals surface area contributed by atoms with Gasteiger partial charge in [0.05, 0.1) is 26.1 Å². The van der Waals surface area contributed by atoms with Crippen LogP contribution in [0.4, 0.5) is 0 Å². The fourth-order valence-corrected chi connectivity index (χ4v) is 4.48. The number of hydrogen-bond acceptors (Lipinski definition) is 2. The summed E-state index contributed by atoms with van der Waals surface area (Å²) < 4.78 is 7.05. The molecule has 3 unspecified atom stereocenters. The number of likely N-dealkylation sites (N-methyl/N-ethyl adjacent to an activating group) is 1.